The van der Waals surface area contributed by atoms with E-state index in [0.717, 1.165) is 28.1 Å². The van der Waals surface area contributed by atoms with E-state index >= 15 is 0 Å². The van der Waals surface area contributed by atoms with E-state index in [4.69, 9.17) is 0 Å². The molecule has 1 amide bonds. The van der Waals surface area contributed by atoms with Crippen LogP contribution in [0.2, 0.25) is 0 Å². The number of nitrogens with one attached hydrogen (secondary N) is 2. The molecule has 0 aliphatic carbocycles. The maximum atomic E-state index is 13.9. The molecule has 3 aromatic carbocycles. The molecule has 0 unspecified atom stereocenters. The van der Waals surface area contributed by atoms with E-state index in [1.807, 2.05) is 26.0 Å². The van der Waals surface area contributed by atoms with Gasteiger partial charge in [0.15, 0.2) is 0 Å². The molecule has 6 nitrogen and oxygen atoms in total. The molecule has 5 aromatic rings. The monoisotopic (exact) mass is 549 g/mol. The van der Waals surface area contributed by atoms with Crippen LogP contribution in [0.1, 0.15) is 41.3 Å². The second-order valence-electron chi connectivity index (χ2n) is 9.33. The Morgan fingerprint density at radius 2 is 1.55 bits per heavy atom. The Morgan fingerprint density at radius 1 is 0.925 bits per heavy atom. The van der Waals surface area contributed by atoms with Gasteiger partial charge in [0.1, 0.15) is 23.0 Å². The number of halogens is 4. The maximum Gasteiger partial charge on any atom is 0.257 e. The molecule has 2 heterocycles. The fourth-order valence-electron chi connectivity index (χ4n) is 4.05. The summed E-state index contributed by atoms with van der Waals surface area (Å²) in [5, 5.41) is 13.1. The average molecular weight is 550 g/mol. The number of aromatic amines is 1. The molecule has 0 aliphatic rings. The van der Waals surface area contributed by atoms with E-state index in [2.05, 4.69) is 20.6 Å². The highest BCUT2D eigenvalue weighted by molar-refractivity contribution is 5.93. The van der Waals surface area contributed by atoms with Gasteiger partial charge in [-0.1, -0.05) is 26.0 Å². The molecule has 0 atom stereocenters. The Balaban J connectivity index is 0.000000186. The van der Waals surface area contributed by atoms with Gasteiger partial charge in [-0.2, -0.15) is 9.49 Å². The van der Waals surface area contributed by atoms with Crippen molar-refractivity contribution < 1.29 is 22.4 Å². The van der Waals surface area contributed by atoms with Gasteiger partial charge in [0.25, 0.3) is 5.91 Å². The summed E-state index contributed by atoms with van der Waals surface area (Å²) in [6.45, 7) is 3.90. The highest BCUT2D eigenvalue weighted by Gasteiger charge is 2.17. The molecule has 0 saturated heterocycles. The van der Waals surface area contributed by atoms with Crippen molar-refractivity contribution in [2.75, 3.05) is 0 Å². The first-order chi connectivity index (χ1) is 19.1. The number of H-pyrrole nitrogens is 1. The Kier molecular flexibility index (Phi) is 8.78. The van der Waals surface area contributed by atoms with Gasteiger partial charge >= 0.3 is 0 Å². The van der Waals surface area contributed by atoms with Crippen molar-refractivity contribution in [2.24, 2.45) is 7.05 Å². The summed E-state index contributed by atoms with van der Waals surface area (Å²) in [7, 11) is 1.52. The lowest BCUT2D eigenvalue weighted by Gasteiger charge is -2.14. The quantitative estimate of drug-likeness (QED) is 0.230. The lowest BCUT2D eigenvalue weighted by Crippen LogP contribution is -2.24. The van der Waals surface area contributed by atoms with Crippen molar-refractivity contribution in [3.63, 3.8) is 0 Å². The van der Waals surface area contributed by atoms with E-state index in [-0.39, 0.29) is 35.5 Å². The number of hydrogen-bond acceptors (Lipinski definition) is 3. The Bertz CT molecular complexity index is 1530. The number of carbonyl (C=O) groups is 1. The predicted molar refractivity (Wildman–Crippen MR) is 144 cm³/mol. The zero-order chi connectivity index (χ0) is 28.8. The molecule has 0 fully saturated rings. The number of nitrogens with zero attached hydrogens (tertiary/aromatic N) is 3. The second-order valence-corrected chi connectivity index (χ2v) is 9.33. The third-order valence-electron chi connectivity index (χ3n) is 6.10. The third-order valence-corrected chi connectivity index (χ3v) is 6.10. The van der Waals surface area contributed by atoms with E-state index in [9.17, 15) is 22.4 Å². The van der Waals surface area contributed by atoms with Gasteiger partial charge in [0.2, 0.25) is 5.95 Å². The van der Waals surface area contributed by atoms with Gasteiger partial charge in [-0.25, -0.2) is 13.2 Å². The molecular formula is C30H27F4N5O. The first-order valence-corrected chi connectivity index (χ1v) is 12.4. The molecular weight excluding hydrogens is 522 g/mol. The lowest BCUT2D eigenvalue weighted by molar-refractivity contribution is 0.0946. The molecule has 0 saturated carbocycles. The Labute approximate surface area is 228 Å². The number of aromatic nitrogens is 4. The molecule has 2 aromatic heterocycles. The van der Waals surface area contributed by atoms with Crippen LogP contribution in [-0.4, -0.2) is 25.9 Å². The van der Waals surface area contributed by atoms with Crippen molar-refractivity contribution in [3.05, 3.63) is 119 Å². The summed E-state index contributed by atoms with van der Waals surface area (Å²) in [5.41, 5.74) is 4.28. The third kappa shape index (κ3) is 6.82. The van der Waals surface area contributed by atoms with Crippen molar-refractivity contribution in [1.29, 1.82) is 0 Å². The second kappa shape index (κ2) is 12.4. The number of hydrogen-bond donors (Lipinski definition) is 2. The largest absolute Gasteiger partial charge is 0.348 e. The summed E-state index contributed by atoms with van der Waals surface area (Å²) in [5.74, 6) is -2.26. The molecule has 40 heavy (non-hydrogen) atoms. The van der Waals surface area contributed by atoms with Gasteiger partial charge in [0, 0.05) is 30.9 Å². The summed E-state index contributed by atoms with van der Waals surface area (Å²) < 4.78 is 54.2. The van der Waals surface area contributed by atoms with Gasteiger partial charge in [-0.3, -0.25) is 14.6 Å². The number of amides is 1. The van der Waals surface area contributed by atoms with Gasteiger partial charge < -0.3 is 5.32 Å². The minimum atomic E-state index is -0.840. The number of aryl methyl sites for hydroxylation is 1. The summed E-state index contributed by atoms with van der Waals surface area (Å²) in [4.78, 5) is 11.9. The molecule has 5 rings (SSSR count). The average Bonchev–Trinajstić information content (AvgIpc) is 3.55. The zero-order valence-electron chi connectivity index (χ0n) is 22.1. The first kappa shape index (κ1) is 28.3. The number of carbonyl (C=O) groups excluding carboxylic acids is 1. The molecule has 0 radical (unpaired) electrons. The van der Waals surface area contributed by atoms with Gasteiger partial charge in [0.05, 0.1) is 11.4 Å². The normalized spacial score (nSPS) is 10.8. The highest BCUT2D eigenvalue weighted by atomic mass is 19.1. The van der Waals surface area contributed by atoms with Crippen LogP contribution < -0.4 is 5.32 Å². The van der Waals surface area contributed by atoms with Crippen LogP contribution in [0.3, 0.4) is 0 Å². The predicted octanol–water partition coefficient (Wildman–Crippen LogP) is 6.77. The van der Waals surface area contributed by atoms with Gasteiger partial charge in [-0.15, -0.1) is 5.10 Å². The number of rotatable bonds is 6. The molecule has 2 N–H and O–H groups in total. The zero-order valence-corrected chi connectivity index (χ0v) is 22.1. The SMILES string of the molecule is CC(C)c1cccc(F)c1CNC(=O)c1cn(C)nc1F.Fc1ccc(-c2cc(-c3ccc(F)cc3)[nH]n2)cc1. The fraction of sp³-hybridized carbons (Fsp3) is 0.167. The van der Waals surface area contributed by atoms with Crippen molar-refractivity contribution in [1.82, 2.24) is 25.3 Å². The minimum Gasteiger partial charge on any atom is -0.348 e. The maximum absolute atomic E-state index is 13.9. The Hall–Kier alpha value is -4.73. The van der Waals surface area contributed by atoms with Crippen molar-refractivity contribution in [2.45, 2.75) is 26.3 Å². The van der Waals surface area contributed by atoms with Crippen molar-refractivity contribution >= 4 is 5.91 Å². The van der Waals surface area contributed by atoms with Crippen LogP contribution in [0.4, 0.5) is 17.6 Å². The van der Waals surface area contributed by atoms with Crippen LogP contribution in [-0.2, 0) is 13.6 Å². The van der Waals surface area contributed by atoms with Gasteiger partial charge in [-0.05, 0) is 77.7 Å². The van der Waals surface area contributed by atoms with E-state index in [0.29, 0.717) is 5.56 Å². The topological polar surface area (TPSA) is 75.6 Å². The van der Waals surface area contributed by atoms with Crippen LogP contribution >= 0.6 is 0 Å². The molecule has 0 aliphatic heterocycles. The lowest BCUT2D eigenvalue weighted by atomic mass is 9.96. The van der Waals surface area contributed by atoms with Crippen molar-refractivity contribution in [3.8, 4) is 22.5 Å². The molecule has 10 heteroatoms. The van der Waals surface area contributed by atoms with E-state index in [1.165, 1.54) is 48.3 Å². The van der Waals surface area contributed by atoms with E-state index < -0.39 is 11.9 Å². The summed E-state index contributed by atoms with van der Waals surface area (Å²) >= 11 is 0. The van der Waals surface area contributed by atoms with Crippen LogP contribution in [0.15, 0.2) is 79.0 Å². The first-order valence-electron chi connectivity index (χ1n) is 12.4. The van der Waals surface area contributed by atoms with Crippen LogP contribution in [0.5, 0.6) is 0 Å². The van der Waals surface area contributed by atoms with E-state index in [1.54, 1.807) is 30.3 Å². The summed E-state index contributed by atoms with van der Waals surface area (Å²) in [6, 6.07) is 18.9. The summed E-state index contributed by atoms with van der Waals surface area (Å²) in [6.07, 6.45) is 1.29. The van der Waals surface area contributed by atoms with Crippen LogP contribution in [0, 0.1) is 23.4 Å². The minimum absolute atomic E-state index is 0.00730. The molecule has 0 bridgehead atoms. The molecule has 206 valence electrons. The number of benzene rings is 3. The molecule has 0 spiro atoms. The Morgan fingerprint density at radius 3 is 2.12 bits per heavy atom. The highest BCUT2D eigenvalue weighted by Crippen LogP contribution is 2.24. The van der Waals surface area contributed by atoms with Crippen LogP contribution in [0.25, 0.3) is 22.5 Å². The smallest absolute Gasteiger partial charge is 0.257 e. The standard InChI is InChI=1S/C15H17F2N3O.C15H10F2N2/c1-9(2)10-5-4-6-13(16)11(10)7-18-15(21)12-8-20(3)19-14(12)17;16-12-5-1-10(2-6-12)14-9-15(19-18-14)11-3-7-13(17)8-4-11/h4-6,8-9H,7H2,1-3H3,(H,18,21);1-9H,(H,18,19). The fourth-order valence-corrected chi connectivity index (χ4v) is 4.05.